The van der Waals surface area contributed by atoms with Crippen molar-refractivity contribution in [3.05, 3.63) is 36.4 Å². The number of nitrogens with two attached hydrogens (primary N) is 1. The SMILES string of the molecule is C[C@H](N)c1ncc(-c2cc3ccc(O)cc3[nH]2)o1. The van der Waals surface area contributed by atoms with Crippen molar-refractivity contribution in [2.45, 2.75) is 13.0 Å². The molecular weight excluding hydrogens is 230 g/mol. The van der Waals surface area contributed by atoms with Gasteiger partial charge in [-0.05, 0) is 25.1 Å². The zero-order chi connectivity index (χ0) is 12.7. The Balaban J connectivity index is 2.07. The van der Waals surface area contributed by atoms with E-state index in [0.29, 0.717) is 11.7 Å². The van der Waals surface area contributed by atoms with Gasteiger partial charge in [-0.25, -0.2) is 4.98 Å². The summed E-state index contributed by atoms with van der Waals surface area (Å²) < 4.78 is 5.56. The molecule has 5 heteroatoms. The smallest absolute Gasteiger partial charge is 0.211 e. The van der Waals surface area contributed by atoms with Crippen LogP contribution < -0.4 is 5.73 Å². The molecule has 1 atom stereocenters. The lowest BCUT2D eigenvalue weighted by atomic mass is 10.2. The number of nitrogens with zero attached hydrogens (tertiary/aromatic N) is 1. The fraction of sp³-hybridized carbons (Fsp3) is 0.154. The highest BCUT2D eigenvalue weighted by Gasteiger charge is 2.11. The normalized spacial score (nSPS) is 13.0. The fourth-order valence-electron chi connectivity index (χ4n) is 1.87. The molecule has 0 unspecified atom stereocenters. The summed E-state index contributed by atoms with van der Waals surface area (Å²) >= 11 is 0. The molecule has 0 amide bonds. The van der Waals surface area contributed by atoms with Gasteiger partial charge < -0.3 is 20.2 Å². The van der Waals surface area contributed by atoms with Gasteiger partial charge in [-0.2, -0.15) is 0 Å². The lowest BCUT2D eigenvalue weighted by molar-refractivity contribution is 0.472. The van der Waals surface area contributed by atoms with Crippen molar-refractivity contribution in [1.82, 2.24) is 9.97 Å². The van der Waals surface area contributed by atoms with Crippen LogP contribution in [0.25, 0.3) is 22.4 Å². The summed E-state index contributed by atoms with van der Waals surface area (Å²) in [7, 11) is 0. The summed E-state index contributed by atoms with van der Waals surface area (Å²) in [6.45, 7) is 1.82. The molecule has 5 nitrogen and oxygen atoms in total. The number of fused-ring (bicyclic) bond motifs is 1. The number of H-pyrrole nitrogens is 1. The molecule has 3 aromatic rings. The van der Waals surface area contributed by atoms with Gasteiger partial charge in [0.05, 0.1) is 17.9 Å². The number of oxazole rings is 1. The number of aromatic hydroxyl groups is 1. The molecular formula is C13H13N3O2. The Labute approximate surface area is 103 Å². The standard InChI is InChI=1S/C13H13N3O2/c1-7(14)13-15-6-12(18-13)11-4-8-2-3-9(17)5-10(8)16-11/h2-7,16-17H,14H2,1H3/t7-/m0/s1. The van der Waals surface area contributed by atoms with Crippen LogP contribution in [0.4, 0.5) is 0 Å². The molecule has 0 fully saturated rings. The van der Waals surface area contributed by atoms with E-state index in [1.54, 1.807) is 18.3 Å². The van der Waals surface area contributed by atoms with E-state index in [9.17, 15) is 5.11 Å². The van der Waals surface area contributed by atoms with Crippen molar-refractivity contribution in [2.75, 3.05) is 0 Å². The second-order valence-corrected chi connectivity index (χ2v) is 4.31. The summed E-state index contributed by atoms with van der Waals surface area (Å²) in [4.78, 5) is 7.29. The Bertz CT molecular complexity index is 697. The van der Waals surface area contributed by atoms with E-state index in [1.165, 1.54) is 0 Å². The van der Waals surface area contributed by atoms with Crippen LogP contribution in [0.5, 0.6) is 5.75 Å². The van der Waals surface area contributed by atoms with Gasteiger partial charge in [0, 0.05) is 17.0 Å². The van der Waals surface area contributed by atoms with Crippen molar-refractivity contribution in [2.24, 2.45) is 5.73 Å². The molecule has 1 aromatic carbocycles. The van der Waals surface area contributed by atoms with Gasteiger partial charge in [-0.3, -0.25) is 0 Å². The average molecular weight is 243 g/mol. The Morgan fingerprint density at radius 1 is 1.39 bits per heavy atom. The van der Waals surface area contributed by atoms with Crippen molar-refractivity contribution in [1.29, 1.82) is 0 Å². The molecule has 0 aliphatic heterocycles. The summed E-state index contributed by atoms with van der Waals surface area (Å²) in [5.74, 6) is 1.37. The monoisotopic (exact) mass is 243 g/mol. The largest absolute Gasteiger partial charge is 0.508 e. The quantitative estimate of drug-likeness (QED) is 0.645. The van der Waals surface area contributed by atoms with Gasteiger partial charge in [0.1, 0.15) is 5.75 Å². The third-order valence-corrected chi connectivity index (χ3v) is 2.78. The van der Waals surface area contributed by atoms with Crippen LogP contribution in [0, 0.1) is 0 Å². The summed E-state index contributed by atoms with van der Waals surface area (Å²) in [6.07, 6.45) is 1.64. The van der Waals surface area contributed by atoms with E-state index in [1.807, 2.05) is 19.1 Å². The zero-order valence-electron chi connectivity index (χ0n) is 9.84. The summed E-state index contributed by atoms with van der Waals surface area (Å²) in [5.41, 5.74) is 7.37. The zero-order valence-corrected chi connectivity index (χ0v) is 9.84. The molecule has 92 valence electrons. The van der Waals surface area contributed by atoms with Gasteiger partial charge in [0.25, 0.3) is 0 Å². The minimum absolute atomic E-state index is 0.227. The molecule has 0 radical (unpaired) electrons. The molecule has 0 saturated carbocycles. The first-order chi connectivity index (χ1) is 8.63. The molecule has 0 aliphatic carbocycles. The Morgan fingerprint density at radius 3 is 2.94 bits per heavy atom. The third-order valence-electron chi connectivity index (χ3n) is 2.78. The fourth-order valence-corrected chi connectivity index (χ4v) is 1.87. The predicted octanol–water partition coefficient (Wildman–Crippen LogP) is 2.55. The highest BCUT2D eigenvalue weighted by Crippen LogP contribution is 2.27. The Hall–Kier alpha value is -2.27. The number of nitrogens with one attached hydrogen (secondary N) is 1. The first-order valence-corrected chi connectivity index (χ1v) is 5.67. The summed E-state index contributed by atoms with van der Waals surface area (Å²) in [6, 6.07) is 6.87. The van der Waals surface area contributed by atoms with Crippen LogP contribution in [0.3, 0.4) is 0 Å². The molecule has 18 heavy (non-hydrogen) atoms. The van der Waals surface area contributed by atoms with Crippen LogP contribution >= 0.6 is 0 Å². The second kappa shape index (κ2) is 3.89. The number of hydrogen-bond donors (Lipinski definition) is 3. The molecule has 0 spiro atoms. The van der Waals surface area contributed by atoms with Crippen LogP contribution in [0.1, 0.15) is 18.9 Å². The molecule has 2 heterocycles. The minimum Gasteiger partial charge on any atom is -0.508 e. The van der Waals surface area contributed by atoms with Crippen molar-refractivity contribution in [3.63, 3.8) is 0 Å². The molecule has 0 aliphatic rings. The first kappa shape index (κ1) is 10.9. The lowest BCUT2D eigenvalue weighted by Gasteiger charge is -1.96. The van der Waals surface area contributed by atoms with Crippen LogP contribution in [-0.4, -0.2) is 15.1 Å². The number of hydrogen-bond acceptors (Lipinski definition) is 4. The van der Waals surface area contributed by atoms with E-state index < -0.39 is 0 Å². The van der Waals surface area contributed by atoms with Gasteiger partial charge in [-0.1, -0.05) is 0 Å². The molecule has 4 N–H and O–H groups in total. The van der Waals surface area contributed by atoms with Crippen molar-refractivity contribution < 1.29 is 9.52 Å². The van der Waals surface area contributed by atoms with Gasteiger partial charge in [0.15, 0.2) is 5.76 Å². The second-order valence-electron chi connectivity index (χ2n) is 4.31. The Kier molecular flexibility index (Phi) is 2.34. The maximum absolute atomic E-state index is 9.41. The highest BCUT2D eigenvalue weighted by atomic mass is 16.4. The summed E-state index contributed by atoms with van der Waals surface area (Å²) in [5, 5.41) is 10.4. The number of rotatable bonds is 2. The van der Waals surface area contributed by atoms with Gasteiger partial charge >= 0.3 is 0 Å². The average Bonchev–Trinajstić information content (AvgIpc) is 2.93. The highest BCUT2D eigenvalue weighted by molar-refractivity contribution is 5.85. The van der Waals surface area contributed by atoms with E-state index in [4.69, 9.17) is 10.2 Å². The first-order valence-electron chi connectivity index (χ1n) is 5.67. The van der Waals surface area contributed by atoms with Gasteiger partial charge in [-0.15, -0.1) is 0 Å². The molecule has 0 saturated heterocycles. The number of aromatic amines is 1. The maximum Gasteiger partial charge on any atom is 0.211 e. The third kappa shape index (κ3) is 1.74. The van der Waals surface area contributed by atoms with E-state index >= 15 is 0 Å². The van der Waals surface area contributed by atoms with E-state index in [2.05, 4.69) is 9.97 Å². The lowest BCUT2D eigenvalue weighted by Crippen LogP contribution is -2.04. The number of aromatic nitrogens is 2. The van der Waals surface area contributed by atoms with Crippen molar-refractivity contribution >= 4 is 10.9 Å². The minimum atomic E-state index is -0.229. The Morgan fingerprint density at radius 2 is 2.22 bits per heavy atom. The van der Waals surface area contributed by atoms with E-state index in [0.717, 1.165) is 16.6 Å². The number of benzene rings is 1. The van der Waals surface area contributed by atoms with Crippen LogP contribution in [0.2, 0.25) is 0 Å². The number of phenols is 1. The van der Waals surface area contributed by atoms with Crippen LogP contribution in [0.15, 0.2) is 34.9 Å². The maximum atomic E-state index is 9.41. The molecule has 2 aromatic heterocycles. The molecule has 0 bridgehead atoms. The number of phenolic OH excluding ortho intramolecular Hbond substituents is 1. The van der Waals surface area contributed by atoms with E-state index in [-0.39, 0.29) is 11.8 Å². The topological polar surface area (TPSA) is 88.1 Å². The predicted molar refractivity (Wildman–Crippen MR) is 68.1 cm³/mol. The molecule has 3 rings (SSSR count). The van der Waals surface area contributed by atoms with Crippen LogP contribution in [-0.2, 0) is 0 Å². The van der Waals surface area contributed by atoms with Crippen molar-refractivity contribution in [3.8, 4) is 17.2 Å². The van der Waals surface area contributed by atoms with Gasteiger partial charge in [0.2, 0.25) is 5.89 Å².